The van der Waals surface area contributed by atoms with Crippen LogP contribution in [0.3, 0.4) is 0 Å². The Morgan fingerprint density at radius 3 is 2.31 bits per heavy atom. The average molecular weight is 667 g/mol. The minimum Gasteiger partial charge on any atom is -0.459 e. The van der Waals surface area contributed by atoms with E-state index in [9.17, 15) is 25.2 Å². The summed E-state index contributed by atoms with van der Waals surface area (Å²) in [5, 5.41) is 42.5. The minimum atomic E-state index is -0.722. The largest absolute Gasteiger partial charge is 0.459 e. The summed E-state index contributed by atoms with van der Waals surface area (Å²) in [6.45, 7) is 18.1. The molecule has 4 N–H and O–H groups in total. The Bertz CT molecular complexity index is 1170. The van der Waals surface area contributed by atoms with E-state index in [2.05, 4.69) is 39.8 Å². The highest BCUT2D eigenvalue weighted by atomic mass is 16.5. The Balaban J connectivity index is 3.13. The van der Waals surface area contributed by atoms with Gasteiger partial charge in [-0.05, 0) is 62.4 Å². The number of ether oxygens (including phenoxy) is 1. The lowest BCUT2D eigenvalue weighted by molar-refractivity contribution is -0.147. The van der Waals surface area contributed by atoms with Gasteiger partial charge in [-0.1, -0.05) is 139 Å². The highest BCUT2D eigenvalue weighted by molar-refractivity contribution is 5.82. The summed E-state index contributed by atoms with van der Waals surface area (Å²) in [7, 11) is 0. The molecule has 1 aliphatic rings. The quantitative estimate of drug-likeness (QED) is 0.112. The van der Waals surface area contributed by atoms with E-state index in [1.165, 1.54) is 6.08 Å². The van der Waals surface area contributed by atoms with Gasteiger partial charge in [-0.15, -0.1) is 0 Å². The van der Waals surface area contributed by atoms with Crippen LogP contribution in [0, 0.1) is 35.5 Å². The third-order valence-electron chi connectivity index (χ3n) is 9.39. The van der Waals surface area contributed by atoms with Gasteiger partial charge in [0.2, 0.25) is 0 Å². The zero-order valence-electron chi connectivity index (χ0n) is 31.1. The van der Waals surface area contributed by atoms with Crippen LogP contribution in [0.25, 0.3) is 0 Å². The molecule has 6 heteroatoms. The van der Waals surface area contributed by atoms with Gasteiger partial charge in [-0.2, -0.15) is 0 Å². The Hall–Kier alpha value is -2.77. The normalized spacial score (nSPS) is 30.4. The first-order valence-electron chi connectivity index (χ1n) is 18.0. The van der Waals surface area contributed by atoms with E-state index < -0.39 is 36.5 Å². The fourth-order valence-corrected chi connectivity index (χ4v) is 5.25. The van der Waals surface area contributed by atoms with E-state index in [1.54, 1.807) is 18.2 Å². The van der Waals surface area contributed by atoms with E-state index in [4.69, 9.17) is 4.74 Å². The molecule has 0 bridgehead atoms. The lowest BCUT2D eigenvalue weighted by Gasteiger charge is -2.28. The fraction of sp³-hybridized carbons (Fsp3) is 0.595. The second-order valence-electron chi connectivity index (χ2n) is 14.2. The molecule has 0 aromatic carbocycles. The highest BCUT2D eigenvalue weighted by Crippen LogP contribution is 2.25. The monoisotopic (exact) mass is 666 g/mol. The van der Waals surface area contributed by atoms with Crippen molar-refractivity contribution in [3.8, 4) is 0 Å². The van der Waals surface area contributed by atoms with Crippen LogP contribution in [0.1, 0.15) is 94.4 Å². The van der Waals surface area contributed by atoms with Gasteiger partial charge in [0, 0.05) is 24.3 Å². The molecular formula is C42H66O6. The van der Waals surface area contributed by atoms with Gasteiger partial charge in [0.25, 0.3) is 0 Å². The second kappa shape index (κ2) is 23.6. The van der Waals surface area contributed by atoms with Gasteiger partial charge in [0.1, 0.15) is 6.10 Å². The molecule has 11 atom stereocenters. The molecule has 270 valence electrons. The van der Waals surface area contributed by atoms with Gasteiger partial charge >= 0.3 is 5.97 Å². The Morgan fingerprint density at radius 1 is 0.958 bits per heavy atom. The van der Waals surface area contributed by atoms with Crippen molar-refractivity contribution in [1.29, 1.82) is 0 Å². The molecule has 0 aromatic heterocycles. The lowest BCUT2D eigenvalue weighted by Crippen LogP contribution is -2.32. The first-order chi connectivity index (χ1) is 22.6. The minimum absolute atomic E-state index is 0.0224. The Kier molecular flexibility index (Phi) is 21.2. The summed E-state index contributed by atoms with van der Waals surface area (Å²) in [5.41, 5.74) is 1.90. The molecule has 1 rings (SSSR count). The number of esters is 1. The van der Waals surface area contributed by atoms with Crippen molar-refractivity contribution < 1.29 is 30.0 Å². The standard InChI is InChI=1S/C42H66O6/c1-10-32(5)39(45)25-22-30(3)16-13-17-31(4)27-36(9)41-28-40(46)33(6)18-12-11-15-29(2)21-23-34(7)37(43)19-14-20-38(44)35(8)24-26-42(47)48-41/h11-19,22-26,29,31-33,35-41,43-46H,10,20-21,27-28H2,1-9H3. The number of rotatable bonds is 9. The number of aliphatic hydroxyl groups is 4. The molecule has 0 radical (unpaired) electrons. The molecule has 0 fully saturated rings. The van der Waals surface area contributed by atoms with Crippen LogP contribution in [0.2, 0.25) is 0 Å². The Morgan fingerprint density at radius 2 is 1.62 bits per heavy atom. The predicted octanol–water partition coefficient (Wildman–Crippen LogP) is 8.37. The van der Waals surface area contributed by atoms with E-state index in [-0.39, 0.29) is 35.5 Å². The molecule has 0 spiro atoms. The zero-order valence-corrected chi connectivity index (χ0v) is 31.1. The first-order valence-corrected chi connectivity index (χ1v) is 18.0. The van der Waals surface area contributed by atoms with Gasteiger partial charge < -0.3 is 25.2 Å². The van der Waals surface area contributed by atoms with Crippen LogP contribution >= 0.6 is 0 Å². The maximum atomic E-state index is 13.0. The van der Waals surface area contributed by atoms with Gasteiger partial charge in [0.15, 0.2) is 0 Å². The number of hydrogen-bond acceptors (Lipinski definition) is 6. The van der Waals surface area contributed by atoms with Gasteiger partial charge in [-0.25, -0.2) is 4.79 Å². The van der Waals surface area contributed by atoms with Crippen LogP contribution in [0.15, 0.2) is 96.2 Å². The predicted molar refractivity (Wildman–Crippen MR) is 200 cm³/mol. The molecule has 0 aromatic rings. The third kappa shape index (κ3) is 18.1. The van der Waals surface area contributed by atoms with Crippen molar-refractivity contribution in [3.05, 3.63) is 96.2 Å². The number of cyclic esters (lactones) is 1. The zero-order chi connectivity index (χ0) is 36.2. The topological polar surface area (TPSA) is 107 Å². The Labute approximate surface area is 292 Å². The maximum absolute atomic E-state index is 13.0. The van der Waals surface area contributed by atoms with Gasteiger partial charge in [-0.3, -0.25) is 0 Å². The van der Waals surface area contributed by atoms with Crippen molar-refractivity contribution in [2.75, 3.05) is 0 Å². The van der Waals surface area contributed by atoms with E-state index in [1.807, 2.05) is 83.2 Å². The molecule has 0 amide bonds. The first kappa shape index (κ1) is 43.3. The van der Waals surface area contributed by atoms with Crippen molar-refractivity contribution in [3.63, 3.8) is 0 Å². The molecule has 48 heavy (non-hydrogen) atoms. The fourth-order valence-electron chi connectivity index (χ4n) is 5.25. The average Bonchev–Trinajstić information content (AvgIpc) is 3.05. The van der Waals surface area contributed by atoms with Crippen molar-refractivity contribution in [2.45, 2.75) is 125 Å². The molecule has 0 aliphatic carbocycles. The van der Waals surface area contributed by atoms with E-state index in [0.717, 1.165) is 30.4 Å². The smallest absolute Gasteiger partial charge is 0.330 e. The van der Waals surface area contributed by atoms with Crippen LogP contribution in [-0.2, 0) is 9.53 Å². The summed E-state index contributed by atoms with van der Waals surface area (Å²) in [5.74, 6) is -0.287. The molecule has 1 aliphatic heterocycles. The van der Waals surface area contributed by atoms with Crippen LogP contribution in [0.4, 0.5) is 0 Å². The number of hydrogen-bond donors (Lipinski definition) is 4. The van der Waals surface area contributed by atoms with Crippen LogP contribution in [-0.4, -0.2) is 56.9 Å². The third-order valence-corrected chi connectivity index (χ3v) is 9.39. The molecule has 0 saturated carbocycles. The highest BCUT2D eigenvalue weighted by Gasteiger charge is 2.27. The number of carbonyl (C=O) groups excluding carboxylic acids is 1. The summed E-state index contributed by atoms with van der Waals surface area (Å²) in [6, 6.07) is 0. The SMILES string of the molecule is CCC(C)C(O)C=CC(C)=CC=CC(C)CC(C)C1CC(O)C(C)C=CC=CC(C)CC=C(C)C(O)C=CCC(O)C(C)C=CC(=O)O1. The summed E-state index contributed by atoms with van der Waals surface area (Å²) < 4.78 is 5.97. The van der Waals surface area contributed by atoms with Crippen LogP contribution in [0.5, 0.6) is 0 Å². The lowest BCUT2D eigenvalue weighted by atomic mass is 9.87. The maximum Gasteiger partial charge on any atom is 0.330 e. The summed E-state index contributed by atoms with van der Waals surface area (Å²) in [4.78, 5) is 13.0. The van der Waals surface area contributed by atoms with Crippen molar-refractivity contribution in [1.82, 2.24) is 0 Å². The number of aliphatic hydroxyl groups excluding tert-OH is 4. The molecular weight excluding hydrogens is 600 g/mol. The molecule has 1 heterocycles. The second-order valence-corrected chi connectivity index (χ2v) is 14.2. The molecule has 11 unspecified atom stereocenters. The molecule has 6 nitrogen and oxygen atoms in total. The van der Waals surface area contributed by atoms with Crippen molar-refractivity contribution >= 4 is 5.97 Å². The molecule has 0 saturated heterocycles. The summed E-state index contributed by atoms with van der Waals surface area (Å²) >= 11 is 0. The summed E-state index contributed by atoms with van der Waals surface area (Å²) in [6.07, 6.45) is 26.5. The van der Waals surface area contributed by atoms with E-state index >= 15 is 0 Å². The van der Waals surface area contributed by atoms with Crippen LogP contribution < -0.4 is 0 Å². The van der Waals surface area contributed by atoms with Crippen molar-refractivity contribution in [2.24, 2.45) is 35.5 Å². The number of carbonyl (C=O) groups is 1. The number of allylic oxidation sites excluding steroid dienone is 9. The van der Waals surface area contributed by atoms with E-state index in [0.29, 0.717) is 12.8 Å². The van der Waals surface area contributed by atoms with Gasteiger partial charge in [0.05, 0.1) is 24.4 Å².